The van der Waals surface area contributed by atoms with Crippen molar-refractivity contribution in [2.75, 3.05) is 30.4 Å². The van der Waals surface area contributed by atoms with E-state index in [1.807, 2.05) is 18.8 Å². The summed E-state index contributed by atoms with van der Waals surface area (Å²) in [7, 11) is 1.83. The average molecular weight is 278 g/mol. The molecule has 1 saturated heterocycles. The predicted molar refractivity (Wildman–Crippen MR) is 80.0 cm³/mol. The summed E-state index contributed by atoms with van der Waals surface area (Å²) in [6.07, 6.45) is 1.81. The number of rotatable bonds is 2. The van der Waals surface area contributed by atoms with E-state index in [0.29, 0.717) is 16.4 Å². The molecule has 2 aromatic heterocycles. The lowest BCUT2D eigenvalue weighted by Gasteiger charge is -2.35. The smallest absolute Gasteiger partial charge is 0.226 e. The minimum atomic E-state index is 0.610. The number of H-pyrrole nitrogens is 1. The van der Waals surface area contributed by atoms with Crippen LogP contribution in [0.15, 0.2) is 6.20 Å². The molecule has 0 radical (unpaired) electrons. The first-order chi connectivity index (χ1) is 9.17. The van der Waals surface area contributed by atoms with Crippen molar-refractivity contribution in [3.63, 3.8) is 0 Å². The Morgan fingerprint density at radius 1 is 1.32 bits per heavy atom. The Balaban J connectivity index is 2.05. The highest BCUT2D eigenvalue weighted by atomic mass is 32.2. The second-order valence-electron chi connectivity index (χ2n) is 4.92. The van der Waals surface area contributed by atoms with Crippen LogP contribution < -0.4 is 10.2 Å². The summed E-state index contributed by atoms with van der Waals surface area (Å²) in [5, 5.41) is 12.2. The van der Waals surface area contributed by atoms with Crippen molar-refractivity contribution < 1.29 is 0 Å². The zero-order chi connectivity index (χ0) is 13.4. The first-order valence-electron chi connectivity index (χ1n) is 6.46. The third-order valence-corrected chi connectivity index (χ3v) is 4.46. The minimum Gasteiger partial charge on any atom is -0.357 e. The maximum absolute atomic E-state index is 4.62. The molecule has 3 heterocycles. The van der Waals surface area contributed by atoms with Crippen LogP contribution in [0.5, 0.6) is 0 Å². The van der Waals surface area contributed by atoms with Crippen LogP contribution in [0.3, 0.4) is 0 Å². The Labute approximate surface area is 116 Å². The topological polar surface area (TPSA) is 69.7 Å². The van der Waals surface area contributed by atoms with E-state index < -0.39 is 0 Å². The number of hydrogen-bond acceptors (Lipinski definition) is 6. The molecular formula is C12H18N6S. The van der Waals surface area contributed by atoms with E-state index in [4.69, 9.17) is 0 Å². The molecule has 0 bridgehead atoms. The minimum absolute atomic E-state index is 0.610. The molecule has 1 aliphatic heterocycles. The van der Waals surface area contributed by atoms with Crippen LogP contribution in [-0.2, 0) is 0 Å². The van der Waals surface area contributed by atoms with Gasteiger partial charge in [0, 0.05) is 30.6 Å². The molecule has 2 atom stereocenters. The van der Waals surface area contributed by atoms with Crippen molar-refractivity contribution in [3.05, 3.63) is 6.20 Å². The van der Waals surface area contributed by atoms with Gasteiger partial charge in [-0.2, -0.15) is 26.8 Å². The van der Waals surface area contributed by atoms with Crippen LogP contribution in [0.1, 0.15) is 13.8 Å². The SMILES string of the molecule is CNc1nc(N2CC(C)SC(C)C2)c2cn[nH]c2n1. The molecule has 0 aliphatic carbocycles. The largest absolute Gasteiger partial charge is 0.357 e. The monoisotopic (exact) mass is 278 g/mol. The normalized spacial score (nSPS) is 23.8. The van der Waals surface area contributed by atoms with E-state index >= 15 is 0 Å². The number of hydrogen-bond donors (Lipinski definition) is 2. The summed E-state index contributed by atoms with van der Waals surface area (Å²) < 4.78 is 0. The van der Waals surface area contributed by atoms with E-state index in [-0.39, 0.29) is 0 Å². The number of anilines is 2. The number of nitrogens with zero attached hydrogens (tertiary/aromatic N) is 4. The van der Waals surface area contributed by atoms with Gasteiger partial charge >= 0.3 is 0 Å². The maximum Gasteiger partial charge on any atom is 0.226 e. The standard InChI is InChI=1S/C12H18N6S/c1-7-5-18(6-8(2)19-7)11-9-4-14-17-10(9)15-12(13-3)16-11/h4,7-8H,5-6H2,1-3H3,(H2,13,14,15,16,17). The van der Waals surface area contributed by atoms with E-state index in [1.54, 1.807) is 6.20 Å². The molecule has 2 unspecified atom stereocenters. The fraction of sp³-hybridized carbons (Fsp3) is 0.583. The van der Waals surface area contributed by atoms with Crippen LogP contribution in [0.25, 0.3) is 11.0 Å². The lowest BCUT2D eigenvalue weighted by molar-refractivity contribution is 0.721. The highest BCUT2D eigenvalue weighted by Crippen LogP contribution is 2.31. The first kappa shape index (κ1) is 12.5. The summed E-state index contributed by atoms with van der Waals surface area (Å²) in [5.41, 5.74) is 0.785. The van der Waals surface area contributed by atoms with Gasteiger partial charge < -0.3 is 10.2 Å². The van der Waals surface area contributed by atoms with Gasteiger partial charge in [0.2, 0.25) is 5.95 Å². The highest BCUT2D eigenvalue weighted by molar-refractivity contribution is 8.00. The molecule has 7 heteroatoms. The Hall–Kier alpha value is -1.50. The van der Waals surface area contributed by atoms with E-state index in [2.05, 4.69) is 44.2 Å². The van der Waals surface area contributed by atoms with Crippen LogP contribution in [0.2, 0.25) is 0 Å². The second kappa shape index (κ2) is 4.88. The number of fused-ring (bicyclic) bond motifs is 1. The number of aromatic nitrogens is 4. The molecule has 1 fully saturated rings. The molecule has 6 nitrogen and oxygen atoms in total. The Bertz CT molecular complexity index is 573. The number of nitrogens with one attached hydrogen (secondary N) is 2. The quantitative estimate of drug-likeness (QED) is 0.872. The first-order valence-corrected chi connectivity index (χ1v) is 7.41. The predicted octanol–water partition coefficient (Wildman–Crippen LogP) is 1.72. The molecule has 0 aromatic carbocycles. The zero-order valence-electron chi connectivity index (χ0n) is 11.3. The van der Waals surface area contributed by atoms with Crippen LogP contribution in [-0.4, -0.2) is 50.8 Å². The summed E-state index contributed by atoms with van der Waals surface area (Å²) in [6, 6.07) is 0. The molecule has 0 saturated carbocycles. The Morgan fingerprint density at radius 2 is 2.05 bits per heavy atom. The Kier molecular flexibility index (Phi) is 3.22. The number of aromatic amines is 1. The van der Waals surface area contributed by atoms with Gasteiger partial charge in [0.15, 0.2) is 5.65 Å². The van der Waals surface area contributed by atoms with E-state index in [0.717, 1.165) is 29.9 Å². The third-order valence-electron chi connectivity index (χ3n) is 3.23. The van der Waals surface area contributed by atoms with E-state index in [9.17, 15) is 0 Å². The molecule has 0 spiro atoms. The lowest BCUT2D eigenvalue weighted by atomic mass is 10.3. The van der Waals surface area contributed by atoms with Crippen molar-refractivity contribution in [1.82, 2.24) is 20.2 Å². The molecule has 3 rings (SSSR count). The summed E-state index contributed by atoms with van der Waals surface area (Å²) in [5.74, 6) is 1.60. The van der Waals surface area contributed by atoms with Crippen molar-refractivity contribution >= 4 is 34.6 Å². The fourth-order valence-electron chi connectivity index (χ4n) is 2.52. The van der Waals surface area contributed by atoms with Crippen molar-refractivity contribution in [1.29, 1.82) is 0 Å². The van der Waals surface area contributed by atoms with Crippen LogP contribution in [0, 0.1) is 0 Å². The molecular weight excluding hydrogens is 260 g/mol. The number of thioether (sulfide) groups is 1. The zero-order valence-corrected chi connectivity index (χ0v) is 12.2. The molecule has 0 amide bonds. The van der Waals surface area contributed by atoms with Gasteiger partial charge in [-0.15, -0.1) is 0 Å². The molecule has 19 heavy (non-hydrogen) atoms. The van der Waals surface area contributed by atoms with E-state index in [1.165, 1.54) is 0 Å². The molecule has 102 valence electrons. The third kappa shape index (κ3) is 2.34. The molecule has 2 N–H and O–H groups in total. The van der Waals surface area contributed by atoms with Gasteiger partial charge in [0.05, 0.1) is 11.6 Å². The summed E-state index contributed by atoms with van der Waals surface area (Å²) in [4.78, 5) is 11.3. The fourth-order valence-corrected chi connectivity index (χ4v) is 3.85. The van der Waals surface area contributed by atoms with Gasteiger partial charge in [-0.05, 0) is 0 Å². The van der Waals surface area contributed by atoms with Gasteiger partial charge in [-0.1, -0.05) is 13.8 Å². The van der Waals surface area contributed by atoms with Crippen molar-refractivity contribution in [2.24, 2.45) is 0 Å². The highest BCUT2D eigenvalue weighted by Gasteiger charge is 2.25. The summed E-state index contributed by atoms with van der Waals surface area (Å²) in [6.45, 7) is 6.55. The Morgan fingerprint density at radius 3 is 2.74 bits per heavy atom. The average Bonchev–Trinajstić information content (AvgIpc) is 2.84. The van der Waals surface area contributed by atoms with Gasteiger partial charge in [-0.25, -0.2) is 0 Å². The van der Waals surface area contributed by atoms with Gasteiger partial charge in [0.1, 0.15) is 5.82 Å². The lowest BCUT2D eigenvalue weighted by Crippen LogP contribution is -2.41. The molecule has 2 aromatic rings. The van der Waals surface area contributed by atoms with Crippen molar-refractivity contribution in [2.45, 2.75) is 24.3 Å². The van der Waals surface area contributed by atoms with Crippen molar-refractivity contribution in [3.8, 4) is 0 Å². The maximum atomic E-state index is 4.62. The van der Waals surface area contributed by atoms with Crippen LogP contribution in [0.4, 0.5) is 11.8 Å². The second-order valence-corrected chi connectivity index (χ2v) is 6.80. The summed E-state index contributed by atoms with van der Waals surface area (Å²) >= 11 is 2.03. The van der Waals surface area contributed by atoms with Crippen LogP contribution >= 0.6 is 11.8 Å². The van der Waals surface area contributed by atoms with Gasteiger partial charge in [-0.3, -0.25) is 5.10 Å². The van der Waals surface area contributed by atoms with Gasteiger partial charge in [0.25, 0.3) is 0 Å². The molecule has 1 aliphatic rings.